The lowest BCUT2D eigenvalue weighted by atomic mass is 10.2. The van der Waals surface area contributed by atoms with E-state index in [0.717, 1.165) is 17.0 Å². The Labute approximate surface area is 194 Å². The molecule has 0 aliphatic heterocycles. The van der Waals surface area contributed by atoms with E-state index in [1.807, 2.05) is 60.1 Å². The maximum atomic E-state index is 12.0. The fourth-order valence-corrected chi connectivity index (χ4v) is 2.84. The van der Waals surface area contributed by atoms with Crippen molar-refractivity contribution in [2.24, 2.45) is 12.0 Å². The first-order valence-corrected chi connectivity index (χ1v) is 9.31. The van der Waals surface area contributed by atoms with Crippen LogP contribution < -0.4 is 10.1 Å². The Morgan fingerprint density at radius 1 is 1.24 bits per heavy atom. The number of guanidine groups is 1. The van der Waals surface area contributed by atoms with Gasteiger partial charge in [-0.1, -0.05) is 23.7 Å². The molecule has 1 N–H and O–H groups in total. The third-order valence-corrected chi connectivity index (χ3v) is 4.51. The molecule has 0 fully saturated rings. The summed E-state index contributed by atoms with van der Waals surface area (Å²) in [5, 5.41) is 3.85. The SMILES string of the molecule is COc1ccc(CN=C(NCC(=O)N(C)C)N(C)Cc2cc(Cl)cn2C)cc1.I. The van der Waals surface area contributed by atoms with Gasteiger partial charge in [0.25, 0.3) is 0 Å². The summed E-state index contributed by atoms with van der Waals surface area (Å²) in [5.41, 5.74) is 2.10. The zero-order valence-corrected chi connectivity index (χ0v) is 20.6. The summed E-state index contributed by atoms with van der Waals surface area (Å²) in [6.07, 6.45) is 1.86. The summed E-state index contributed by atoms with van der Waals surface area (Å²) in [6.45, 7) is 1.27. The number of rotatable bonds is 7. The van der Waals surface area contributed by atoms with E-state index >= 15 is 0 Å². The molecule has 2 aromatic rings. The number of aromatic nitrogens is 1. The van der Waals surface area contributed by atoms with Gasteiger partial charge in [-0.25, -0.2) is 4.99 Å². The average Bonchev–Trinajstić information content (AvgIpc) is 2.98. The molecule has 160 valence electrons. The molecular weight excluding hydrogens is 505 g/mol. The number of hydrogen-bond acceptors (Lipinski definition) is 3. The van der Waals surface area contributed by atoms with Crippen molar-refractivity contribution in [3.05, 3.63) is 52.8 Å². The molecule has 1 amide bonds. The number of nitrogens with zero attached hydrogens (tertiary/aromatic N) is 4. The summed E-state index contributed by atoms with van der Waals surface area (Å²) in [7, 11) is 8.98. The van der Waals surface area contributed by atoms with Gasteiger partial charge < -0.3 is 24.4 Å². The second kappa shape index (κ2) is 11.9. The predicted molar refractivity (Wildman–Crippen MR) is 128 cm³/mol. The van der Waals surface area contributed by atoms with Crippen molar-refractivity contribution in [3.8, 4) is 5.75 Å². The number of carbonyl (C=O) groups excluding carboxylic acids is 1. The lowest BCUT2D eigenvalue weighted by Crippen LogP contribution is -2.43. The highest BCUT2D eigenvalue weighted by molar-refractivity contribution is 14.0. The first-order chi connectivity index (χ1) is 13.3. The molecule has 29 heavy (non-hydrogen) atoms. The van der Waals surface area contributed by atoms with E-state index < -0.39 is 0 Å². The number of ether oxygens (including phenoxy) is 1. The number of amides is 1. The molecule has 0 atom stereocenters. The third kappa shape index (κ3) is 7.77. The van der Waals surface area contributed by atoms with Crippen LogP contribution in [0.3, 0.4) is 0 Å². The average molecular weight is 534 g/mol. The van der Waals surface area contributed by atoms with Crippen molar-refractivity contribution in [1.29, 1.82) is 0 Å². The van der Waals surface area contributed by atoms with Gasteiger partial charge in [-0.3, -0.25) is 4.79 Å². The topological polar surface area (TPSA) is 62.1 Å². The summed E-state index contributed by atoms with van der Waals surface area (Å²) in [5.74, 6) is 1.43. The van der Waals surface area contributed by atoms with Crippen LogP contribution in [0.2, 0.25) is 5.02 Å². The Kier molecular flexibility index (Phi) is 10.3. The van der Waals surface area contributed by atoms with E-state index in [9.17, 15) is 4.79 Å². The number of benzene rings is 1. The zero-order valence-electron chi connectivity index (χ0n) is 17.5. The Bertz CT molecular complexity index is 821. The highest BCUT2D eigenvalue weighted by Crippen LogP contribution is 2.15. The summed E-state index contributed by atoms with van der Waals surface area (Å²) < 4.78 is 7.17. The first kappa shape index (κ1) is 25.1. The number of carbonyl (C=O) groups is 1. The smallest absolute Gasteiger partial charge is 0.241 e. The number of methoxy groups -OCH3 is 1. The van der Waals surface area contributed by atoms with Gasteiger partial charge in [-0.05, 0) is 23.8 Å². The van der Waals surface area contributed by atoms with Gasteiger partial charge in [-0.15, -0.1) is 24.0 Å². The number of nitrogens with one attached hydrogen (secondary N) is 1. The highest BCUT2D eigenvalue weighted by Gasteiger charge is 2.12. The summed E-state index contributed by atoms with van der Waals surface area (Å²) in [6, 6.07) is 9.68. The van der Waals surface area contributed by atoms with Gasteiger partial charge in [0.05, 0.1) is 31.8 Å². The minimum Gasteiger partial charge on any atom is -0.497 e. The van der Waals surface area contributed by atoms with E-state index in [-0.39, 0.29) is 36.4 Å². The number of aryl methyl sites for hydroxylation is 1. The van der Waals surface area contributed by atoms with Gasteiger partial charge in [0, 0.05) is 40.1 Å². The van der Waals surface area contributed by atoms with Crippen LogP contribution >= 0.6 is 35.6 Å². The first-order valence-electron chi connectivity index (χ1n) is 8.93. The molecule has 1 aromatic heterocycles. The standard InChI is InChI=1S/C20H28ClN5O2.HI/c1-24(2)19(27)12-23-20(22-11-15-6-8-18(28-5)9-7-15)26(4)14-17-10-16(21)13-25(17)3;/h6-10,13H,11-12,14H2,1-5H3,(H,22,23);1H. The highest BCUT2D eigenvalue weighted by atomic mass is 127. The van der Waals surface area contributed by atoms with Gasteiger partial charge >= 0.3 is 0 Å². The maximum Gasteiger partial charge on any atom is 0.241 e. The minimum absolute atomic E-state index is 0. The van der Waals surface area contributed by atoms with Crippen LogP contribution in [-0.4, -0.2) is 61.0 Å². The lowest BCUT2D eigenvalue weighted by molar-refractivity contribution is -0.127. The van der Waals surface area contributed by atoms with Crippen molar-refractivity contribution < 1.29 is 9.53 Å². The largest absolute Gasteiger partial charge is 0.497 e. The third-order valence-electron chi connectivity index (χ3n) is 4.30. The Balaban J connectivity index is 0.00000420. The number of hydrogen-bond donors (Lipinski definition) is 1. The van der Waals surface area contributed by atoms with Gasteiger partial charge in [-0.2, -0.15) is 0 Å². The molecule has 0 saturated carbocycles. The molecule has 7 nitrogen and oxygen atoms in total. The van der Waals surface area contributed by atoms with Crippen LogP contribution in [0.4, 0.5) is 0 Å². The molecule has 0 spiro atoms. The molecule has 9 heteroatoms. The predicted octanol–water partition coefficient (Wildman–Crippen LogP) is 2.97. The molecule has 0 bridgehead atoms. The normalized spacial score (nSPS) is 10.9. The Morgan fingerprint density at radius 3 is 2.41 bits per heavy atom. The van der Waals surface area contributed by atoms with Crippen molar-refractivity contribution >= 4 is 47.4 Å². The number of likely N-dealkylation sites (N-methyl/N-ethyl adjacent to an activating group) is 1. The molecular formula is C20H29ClIN5O2. The monoisotopic (exact) mass is 533 g/mol. The van der Waals surface area contributed by atoms with Crippen molar-refractivity contribution in [3.63, 3.8) is 0 Å². The Hall–Kier alpha value is -1.94. The maximum absolute atomic E-state index is 12.0. The molecule has 0 aliphatic carbocycles. The molecule has 0 saturated heterocycles. The number of halogens is 2. The van der Waals surface area contributed by atoms with Gasteiger partial charge in [0.15, 0.2) is 5.96 Å². The molecule has 0 radical (unpaired) electrons. The number of aliphatic imine (C=N–C) groups is 1. The second-order valence-corrected chi connectivity index (χ2v) is 7.18. The van der Waals surface area contributed by atoms with Crippen molar-refractivity contribution in [1.82, 2.24) is 19.7 Å². The molecule has 0 aliphatic rings. The van der Waals surface area contributed by atoms with Crippen LogP contribution in [-0.2, 0) is 24.9 Å². The van der Waals surface area contributed by atoms with E-state index in [2.05, 4.69) is 5.32 Å². The lowest BCUT2D eigenvalue weighted by Gasteiger charge is -2.23. The quantitative estimate of drug-likeness (QED) is 0.338. The van der Waals surface area contributed by atoms with Crippen LogP contribution in [0.1, 0.15) is 11.3 Å². The summed E-state index contributed by atoms with van der Waals surface area (Å²) >= 11 is 6.09. The van der Waals surface area contributed by atoms with Crippen LogP contribution in [0, 0.1) is 0 Å². The van der Waals surface area contributed by atoms with Crippen LogP contribution in [0.25, 0.3) is 0 Å². The van der Waals surface area contributed by atoms with Gasteiger partial charge in [0.1, 0.15) is 5.75 Å². The van der Waals surface area contributed by atoms with E-state index in [1.165, 1.54) is 0 Å². The fourth-order valence-electron chi connectivity index (χ4n) is 2.56. The van der Waals surface area contributed by atoms with Gasteiger partial charge in [0.2, 0.25) is 5.91 Å². The van der Waals surface area contributed by atoms with Crippen molar-refractivity contribution in [2.45, 2.75) is 13.1 Å². The minimum atomic E-state index is -0.0209. The van der Waals surface area contributed by atoms with E-state index in [4.69, 9.17) is 21.3 Å². The van der Waals surface area contributed by atoms with E-state index in [0.29, 0.717) is 24.1 Å². The van der Waals surface area contributed by atoms with E-state index in [1.54, 1.807) is 26.1 Å². The molecule has 1 heterocycles. The van der Waals surface area contributed by atoms with Crippen LogP contribution in [0.15, 0.2) is 41.5 Å². The molecule has 1 aromatic carbocycles. The van der Waals surface area contributed by atoms with Crippen LogP contribution in [0.5, 0.6) is 5.75 Å². The van der Waals surface area contributed by atoms with Crippen molar-refractivity contribution in [2.75, 3.05) is 34.8 Å². The Morgan fingerprint density at radius 2 is 1.90 bits per heavy atom. The zero-order chi connectivity index (χ0) is 20.7. The second-order valence-electron chi connectivity index (χ2n) is 6.75. The summed E-state index contributed by atoms with van der Waals surface area (Å²) in [4.78, 5) is 20.2. The molecule has 2 rings (SSSR count). The molecule has 0 unspecified atom stereocenters. The fraction of sp³-hybridized carbons (Fsp3) is 0.400.